The van der Waals surface area contributed by atoms with Crippen molar-refractivity contribution in [1.82, 2.24) is 9.97 Å². The molecule has 0 amide bonds. The van der Waals surface area contributed by atoms with Crippen LogP contribution in [0.2, 0.25) is 0 Å². The second kappa shape index (κ2) is 6.62. The molecule has 3 rings (SSSR count). The Bertz CT molecular complexity index is 855. The van der Waals surface area contributed by atoms with E-state index in [4.69, 9.17) is 0 Å². The minimum Gasteiger partial charge on any atom is -0.396 e. The molecule has 0 saturated heterocycles. The van der Waals surface area contributed by atoms with Crippen LogP contribution in [0.15, 0.2) is 59.7 Å². The molecule has 0 aliphatic heterocycles. The highest BCUT2D eigenvalue weighted by atomic mass is 16.3. The van der Waals surface area contributed by atoms with E-state index in [1.54, 1.807) is 0 Å². The number of aliphatic hydroxyl groups is 1. The highest BCUT2D eigenvalue weighted by Gasteiger charge is 2.22. The summed E-state index contributed by atoms with van der Waals surface area (Å²) in [5.74, 6) is 0.174. The first-order chi connectivity index (χ1) is 11.2. The minimum atomic E-state index is -0.275. The Kier molecular flexibility index (Phi) is 4.39. The van der Waals surface area contributed by atoms with Gasteiger partial charge in [-0.1, -0.05) is 49.4 Å². The van der Waals surface area contributed by atoms with Crippen molar-refractivity contribution in [2.75, 3.05) is 11.9 Å². The number of rotatable bonds is 5. The van der Waals surface area contributed by atoms with Gasteiger partial charge in [0.05, 0.1) is 6.04 Å². The normalized spacial score (nSPS) is 13.7. The lowest BCUT2D eigenvalue weighted by atomic mass is 9.91. The van der Waals surface area contributed by atoms with E-state index in [9.17, 15) is 9.90 Å². The van der Waals surface area contributed by atoms with Gasteiger partial charge < -0.3 is 15.4 Å². The van der Waals surface area contributed by atoms with Crippen molar-refractivity contribution in [2.45, 2.75) is 13.0 Å². The number of hydrogen-bond acceptors (Lipinski definition) is 4. The molecule has 0 bridgehead atoms. The second-order valence-electron chi connectivity index (χ2n) is 5.62. The number of hydrogen-bond donors (Lipinski definition) is 3. The molecule has 5 heteroatoms. The monoisotopic (exact) mass is 309 g/mol. The number of H-pyrrole nitrogens is 1. The van der Waals surface area contributed by atoms with Crippen LogP contribution in [0.5, 0.6) is 0 Å². The van der Waals surface area contributed by atoms with E-state index < -0.39 is 0 Å². The molecule has 23 heavy (non-hydrogen) atoms. The molecular formula is C18H19N3O2. The van der Waals surface area contributed by atoms with E-state index in [-0.39, 0.29) is 29.9 Å². The quantitative estimate of drug-likeness (QED) is 0.677. The van der Waals surface area contributed by atoms with E-state index >= 15 is 0 Å². The third-order valence-electron chi connectivity index (χ3n) is 4.02. The molecule has 1 aromatic heterocycles. The molecule has 3 aromatic rings. The molecule has 0 radical (unpaired) electrons. The molecule has 2 atom stereocenters. The summed E-state index contributed by atoms with van der Waals surface area (Å²) in [6.45, 7) is 1.95. The van der Waals surface area contributed by atoms with Gasteiger partial charge in [0, 0.05) is 24.9 Å². The first kappa shape index (κ1) is 15.2. The molecule has 0 spiro atoms. The lowest BCUT2D eigenvalue weighted by molar-refractivity contribution is 0.223. The number of aromatic nitrogens is 2. The van der Waals surface area contributed by atoms with E-state index in [1.807, 2.05) is 49.4 Å². The number of nitrogens with zero attached hydrogens (tertiary/aromatic N) is 1. The summed E-state index contributed by atoms with van der Waals surface area (Å²) in [4.78, 5) is 18.6. The van der Waals surface area contributed by atoms with Crippen LogP contribution >= 0.6 is 0 Å². The SMILES string of the molecule is C[C@@H](CO)[C@@H](Nc1ncc[nH]c1=O)c1cccc2ccccc12. The first-order valence-corrected chi connectivity index (χ1v) is 7.59. The van der Waals surface area contributed by atoms with Gasteiger partial charge in [0.15, 0.2) is 5.82 Å². The number of aliphatic hydroxyl groups excluding tert-OH is 1. The lowest BCUT2D eigenvalue weighted by Gasteiger charge is -2.25. The summed E-state index contributed by atoms with van der Waals surface area (Å²) >= 11 is 0. The molecule has 0 unspecified atom stereocenters. The average Bonchev–Trinajstić information content (AvgIpc) is 2.60. The maximum Gasteiger partial charge on any atom is 0.290 e. The van der Waals surface area contributed by atoms with Crippen molar-refractivity contribution < 1.29 is 5.11 Å². The van der Waals surface area contributed by atoms with Crippen molar-refractivity contribution in [3.8, 4) is 0 Å². The number of aromatic amines is 1. The Hall–Kier alpha value is -2.66. The van der Waals surface area contributed by atoms with Crippen molar-refractivity contribution in [2.24, 2.45) is 5.92 Å². The van der Waals surface area contributed by atoms with E-state index in [0.29, 0.717) is 0 Å². The third kappa shape index (κ3) is 3.10. The molecular weight excluding hydrogens is 290 g/mol. The number of anilines is 1. The Balaban J connectivity index is 2.09. The van der Waals surface area contributed by atoms with Gasteiger partial charge in [0.2, 0.25) is 0 Å². The Labute approximate surface area is 134 Å². The van der Waals surface area contributed by atoms with Gasteiger partial charge in [0.25, 0.3) is 5.56 Å². The lowest BCUT2D eigenvalue weighted by Crippen LogP contribution is -2.26. The molecule has 5 nitrogen and oxygen atoms in total. The molecule has 1 heterocycles. The fourth-order valence-corrected chi connectivity index (χ4v) is 2.76. The smallest absolute Gasteiger partial charge is 0.290 e. The van der Waals surface area contributed by atoms with Crippen molar-refractivity contribution >= 4 is 16.6 Å². The Morgan fingerprint density at radius 3 is 2.78 bits per heavy atom. The van der Waals surface area contributed by atoms with Crippen molar-refractivity contribution in [3.63, 3.8) is 0 Å². The van der Waals surface area contributed by atoms with E-state index in [0.717, 1.165) is 16.3 Å². The van der Waals surface area contributed by atoms with Gasteiger partial charge in [0.1, 0.15) is 0 Å². The van der Waals surface area contributed by atoms with E-state index in [2.05, 4.69) is 15.3 Å². The van der Waals surface area contributed by atoms with Gasteiger partial charge >= 0.3 is 0 Å². The number of nitrogens with one attached hydrogen (secondary N) is 2. The summed E-state index contributed by atoms with van der Waals surface area (Å²) in [6, 6.07) is 13.9. The number of benzene rings is 2. The van der Waals surface area contributed by atoms with Crippen molar-refractivity contribution in [1.29, 1.82) is 0 Å². The Morgan fingerprint density at radius 2 is 2.00 bits per heavy atom. The van der Waals surface area contributed by atoms with Gasteiger partial charge in [-0.3, -0.25) is 4.79 Å². The minimum absolute atomic E-state index is 0.00558. The molecule has 0 fully saturated rings. The summed E-state index contributed by atoms with van der Waals surface area (Å²) < 4.78 is 0. The predicted molar refractivity (Wildman–Crippen MR) is 91.4 cm³/mol. The van der Waals surface area contributed by atoms with Crippen LogP contribution in [0.3, 0.4) is 0 Å². The average molecular weight is 309 g/mol. The topological polar surface area (TPSA) is 78.0 Å². The molecule has 0 aliphatic carbocycles. The fraction of sp³-hybridized carbons (Fsp3) is 0.222. The van der Waals surface area contributed by atoms with Crippen LogP contribution in [-0.2, 0) is 0 Å². The number of fused-ring (bicyclic) bond motifs is 1. The molecule has 0 saturated carbocycles. The second-order valence-corrected chi connectivity index (χ2v) is 5.62. The summed E-state index contributed by atoms with van der Waals surface area (Å²) in [5.41, 5.74) is 0.762. The summed E-state index contributed by atoms with van der Waals surface area (Å²) in [5, 5.41) is 15.1. The maximum absolute atomic E-state index is 11.9. The highest BCUT2D eigenvalue weighted by molar-refractivity contribution is 5.86. The molecule has 0 aliphatic rings. The molecule has 118 valence electrons. The van der Waals surface area contributed by atoms with Crippen LogP contribution < -0.4 is 10.9 Å². The van der Waals surface area contributed by atoms with Crippen LogP contribution in [0.25, 0.3) is 10.8 Å². The van der Waals surface area contributed by atoms with Gasteiger partial charge in [-0.15, -0.1) is 0 Å². The van der Waals surface area contributed by atoms with Crippen LogP contribution in [0.1, 0.15) is 18.5 Å². The summed E-state index contributed by atoms with van der Waals surface area (Å²) in [6.07, 6.45) is 3.03. The summed E-state index contributed by atoms with van der Waals surface area (Å²) in [7, 11) is 0. The Morgan fingerprint density at radius 1 is 1.22 bits per heavy atom. The first-order valence-electron chi connectivity index (χ1n) is 7.59. The molecule has 3 N–H and O–H groups in total. The van der Waals surface area contributed by atoms with Gasteiger partial charge in [-0.05, 0) is 16.3 Å². The zero-order chi connectivity index (χ0) is 16.2. The zero-order valence-electron chi connectivity index (χ0n) is 12.9. The maximum atomic E-state index is 11.9. The fourth-order valence-electron chi connectivity index (χ4n) is 2.76. The zero-order valence-corrected chi connectivity index (χ0v) is 12.9. The van der Waals surface area contributed by atoms with Crippen molar-refractivity contribution in [3.05, 3.63) is 70.8 Å². The highest BCUT2D eigenvalue weighted by Crippen LogP contribution is 2.30. The molecule has 2 aromatic carbocycles. The predicted octanol–water partition coefficient (Wildman–Crippen LogP) is 2.70. The van der Waals surface area contributed by atoms with Gasteiger partial charge in [-0.2, -0.15) is 0 Å². The van der Waals surface area contributed by atoms with Crippen LogP contribution in [-0.4, -0.2) is 21.7 Å². The van der Waals surface area contributed by atoms with Crippen LogP contribution in [0, 0.1) is 5.92 Å². The van der Waals surface area contributed by atoms with E-state index in [1.165, 1.54) is 12.4 Å². The standard InChI is InChI=1S/C18H19N3O2/c1-12(11-22)16(21-17-18(23)20-10-9-19-17)15-8-4-6-13-5-2-3-7-14(13)15/h2-10,12,16,22H,11H2,1H3,(H,19,21)(H,20,23)/t12-,16+/m0/s1. The van der Waals surface area contributed by atoms with Gasteiger partial charge in [-0.25, -0.2) is 4.98 Å². The third-order valence-corrected chi connectivity index (χ3v) is 4.02. The van der Waals surface area contributed by atoms with Crippen LogP contribution in [0.4, 0.5) is 5.82 Å². The largest absolute Gasteiger partial charge is 0.396 e.